The number of rotatable bonds is 2. The Hall–Kier alpha value is 1.47. The van der Waals surface area contributed by atoms with E-state index in [-0.39, 0.29) is 13.0 Å². The molecule has 0 spiro atoms. The summed E-state index contributed by atoms with van der Waals surface area (Å²) in [5.74, 6) is 2.13. The minimum absolute atomic E-state index is 0. The van der Waals surface area contributed by atoms with Crippen LogP contribution in [0.4, 0.5) is 0 Å². The van der Waals surface area contributed by atoms with Gasteiger partial charge in [-0.1, -0.05) is 86.2 Å². The van der Waals surface area contributed by atoms with Gasteiger partial charge in [0.05, 0.1) is 0 Å². The average molecular weight is 386 g/mol. The van der Waals surface area contributed by atoms with Crippen LogP contribution in [0.3, 0.4) is 0 Å². The van der Waals surface area contributed by atoms with Crippen LogP contribution in [0.25, 0.3) is 4.98 Å². The molecule has 0 saturated heterocycles. The molecule has 0 heterocycles. The van der Waals surface area contributed by atoms with Crippen LogP contribution >= 0.6 is 18.6 Å². The summed E-state index contributed by atoms with van der Waals surface area (Å²) in [4.78, 5) is 5.22. The van der Waals surface area contributed by atoms with Gasteiger partial charge in [0.25, 0.3) is 0 Å². The first-order valence-electron chi connectivity index (χ1n) is 7.90. The molecule has 0 N–H and O–H groups in total. The molecule has 0 aliphatic heterocycles. The fraction of sp³-hybridized carbons (Fsp3) is 0.938. The Morgan fingerprint density at radius 2 is 1.38 bits per heavy atom. The summed E-state index contributed by atoms with van der Waals surface area (Å²) in [5, 5.41) is 0. The summed E-state index contributed by atoms with van der Waals surface area (Å²) in [6.07, 6.45) is 9.02. The van der Waals surface area contributed by atoms with E-state index in [9.17, 15) is 0 Å². The fourth-order valence-electron chi connectivity index (χ4n) is 4.26. The van der Waals surface area contributed by atoms with Gasteiger partial charge in [-0.05, 0) is 11.8 Å². The van der Waals surface area contributed by atoms with E-state index in [0.29, 0.717) is 0 Å². The monoisotopic (exact) mass is 385 g/mol. The third-order valence-electron chi connectivity index (χ3n) is 4.86. The molecule has 2 saturated carbocycles. The molecule has 2 aliphatic rings. The molecule has 2 fully saturated rings. The number of hydrogen-bond acceptors (Lipinski definition) is 0. The van der Waals surface area contributed by atoms with E-state index in [2.05, 4.69) is 33.9 Å². The predicted molar refractivity (Wildman–Crippen MR) is 97.1 cm³/mol. The maximum atomic E-state index is 5.22. The van der Waals surface area contributed by atoms with Crippen molar-refractivity contribution in [3.63, 3.8) is 0 Å². The van der Waals surface area contributed by atoms with Crippen molar-refractivity contribution in [1.29, 1.82) is 0 Å². The van der Waals surface area contributed by atoms with Crippen molar-refractivity contribution in [3.8, 4) is 0 Å². The zero-order chi connectivity index (χ0) is 15.4. The Kier molecular flexibility index (Phi) is 10.4. The standard InChI is InChI=1S/C15H30NSi.CH3.2ClH.Ti/c1-15(2,3)16-17(4,5)14-10-12-8-6-7-9-13(12)11-14;;;;/h12-14H,6-11H2,1-5H3;1H3;2*1H;/q2*-1;;;+2/p-2. The maximum absolute atomic E-state index is 5.22. The molecule has 126 valence electrons. The first-order chi connectivity index (χ1) is 9.19. The van der Waals surface area contributed by atoms with E-state index in [1.165, 1.54) is 38.5 Å². The van der Waals surface area contributed by atoms with Crippen LogP contribution in [0.2, 0.25) is 18.6 Å². The number of nitrogens with zero attached hydrogens (tertiary/aromatic N) is 1. The van der Waals surface area contributed by atoms with Crippen molar-refractivity contribution in [2.45, 2.75) is 83.5 Å². The Morgan fingerprint density at radius 1 is 1.00 bits per heavy atom. The zero-order valence-electron chi connectivity index (χ0n) is 14.7. The van der Waals surface area contributed by atoms with Gasteiger partial charge in [-0.15, -0.1) is 5.54 Å². The third-order valence-corrected chi connectivity index (χ3v) is 8.58. The molecular formula is C16H33Cl2NSiTi-2. The quantitative estimate of drug-likeness (QED) is 0.353. The second kappa shape index (κ2) is 9.69. The van der Waals surface area contributed by atoms with Gasteiger partial charge in [0.15, 0.2) is 0 Å². The zero-order valence-corrected chi connectivity index (χ0v) is 18.8. The van der Waals surface area contributed by atoms with Crippen LogP contribution in [0.1, 0.15) is 59.3 Å². The summed E-state index contributed by atoms with van der Waals surface area (Å²) < 4.78 is 0. The minimum atomic E-state index is -1.37. The molecule has 2 atom stereocenters. The fourth-order valence-corrected chi connectivity index (χ4v) is 7.94. The molecular weight excluding hydrogens is 353 g/mol. The van der Waals surface area contributed by atoms with Crippen LogP contribution in [0, 0.1) is 19.3 Å². The molecule has 0 radical (unpaired) electrons. The molecule has 2 rings (SSSR count). The average Bonchev–Trinajstić information content (AvgIpc) is 2.71. The SMILES string of the molecule is CC(C)(C)[N-][Si](C)(C)C1CC2CCCCC2C1.[CH3-].[Cl][Ti][Cl]. The summed E-state index contributed by atoms with van der Waals surface area (Å²) in [6, 6.07) is 0. The van der Waals surface area contributed by atoms with Crippen molar-refractivity contribution in [3.05, 3.63) is 12.4 Å². The molecule has 2 unspecified atom stereocenters. The van der Waals surface area contributed by atoms with Gasteiger partial charge in [-0.25, -0.2) is 0 Å². The van der Waals surface area contributed by atoms with E-state index >= 15 is 0 Å². The number of fused-ring (bicyclic) bond motifs is 1. The Balaban J connectivity index is 0.000000922. The molecule has 2 aliphatic carbocycles. The summed E-state index contributed by atoms with van der Waals surface area (Å²) >= 11 is -0.556. The topological polar surface area (TPSA) is 14.1 Å². The first kappa shape index (κ1) is 22.5. The predicted octanol–water partition coefficient (Wildman–Crippen LogP) is 7.16. The first-order valence-corrected chi connectivity index (χ1v) is 15.2. The van der Waals surface area contributed by atoms with Gasteiger partial charge < -0.3 is 12.4 Å². The molecule has 0 amide bonds. The van der Waals surface area contributed by atoms with Crippen molar-refractivity contribution in [2.24, 2.45) is 11.8 Å². The van der Waals surface area contributed by atoms with Gasteiger partial charge in [-0.3, -0.25) is 0 Å². The second-order valence-electron chi connectivity index (χ2n) is 7.98. The Labute approximate surface area is 151 Å². The van der Waals surface area contributed by atoms with Crippen molar-refractivity contribution in [2.75, 3.05) is 0 Å². The van der Waals surface area contributed by atoms with E-state index in [0.717, 1.165) is 17.4 Å². The van der Waals surface area contributed by atoms with E-state index < -0.39 is 25.3 Å². The van der Waals surface area contributed by atoms with Gasteiger partial charge in [0.2, 0.25) is 0 Å². The third kappa shape index (κ3) is 7.72. The molecule has 21 heavy (non-hydrogen) atoms. The Bertz CT molecular complexity index is 280. The van der Waals surface area contributed by atoms with Gasteiger partial charge in [0, 0.05) is 0 Å². The molecule has 0 bridgehead atoms. The van der Waals surface area contributed by atoms with Crippen molar-refractivity contribution >= 4 is 26.8 Å². The second-order valence-corrected chi connectivity index (χ2v) is 14.9. The van der Waals surface area contributed by atoms with Crippen LogP contribution in [0.5, 0.6) is 0 Å². The molecule has 5 heteroatoms. The van der Waals surface area contributed by atoms with Crippen LogP contribution in [-0.2, 0) is 17.0 Å². The van der Waals surface area contributed by atoms with E-state index in [4.69, 9.17) is 23.6 Å². The molecule has 0 aromatic carbocycles. The Morgan fingerprint density at radius 3 is 1.71 bits per heavy atom. The normalized spacial score (nSPS) is 28.8. The summed E-state index contributed by atoms with van der Waals surface area (Å²) in [6.45, 7) is 11.8. The molecule has 0 aromatic heterocycles. The summed E-state index contributed by atoms with van der Waals surface area (Å²) in [5.41, 5.74) is 1.14. The summed E-state index contributed by atoms with van der Waals surface area (Å²) in [7, 11) is 8.41. The molecule has 1 nitrogen and oxygen atoms in total. The van der Waals surface area contributed by atoms with Crippen molar-refractivity contribution in [1.82, 2.24) is 0 Å². The van der Waals surface area contributed by atoms with Crippen molar-refractivity contribution < 1.29 is 17.0 Å². The van der Waals surface area contributed by atoms with Crippen LogP contribution < -0.4 is 0 Å². The van der Waals surface area contributed by atoms with Gasteiger partial charge >= 0.3 is 35.6 Å². The van der Waals surface area contributed by atoms with E-state index in [1.54, 1.807) is 0 Å². The van der Waals surface area contributed by atoms with Gasteiger partial charge in [0.1, 0.15) is 0 Å². The molecule has 0 aromatic rings. The van der Waals surface area contributed by atoms with Gasteiger partial charge in [-0.2, -0.15) is 0 Å². The number of hydrogen-bond donors (Lipinski definition) is 0. The van der Waals surface area contributed by atoms with Crippen LogP contribution in [-0.4, -0.2) is 13.8 Å². The van der Waals surface area contributed by atoms with Crippen LogP contribution in [0.15, 0.2) is 0 Å². The van der Waals surface area contributed by atoms with E-state index in [1.807, 2.05) is 0 Å². The number of halogens is 2.